The number of anilines is 1. The molecule has 0 saturated carbocycles. The molecule has 1 aromatic heterocycles. The van der Waals surface area contributed by atoms with Crippen molar-refractivity contribution < 1.29 is 13.5 Å². The zero-order chi connectivity index (χ0) is 14.8. The van der Waals surface area contributed by atoms with Crippen LogP contribution in [0.15, 0.2) is 23.2 Å². The maximum absolute atomic E-state index is 12.5. The summed E-state index contributed by atoms with van der Waals surface area (Å²) in [4.78, 5) is 4.25. The average Bonchev–Trinajstić information content (AvgIpc) is 2.38. The summed E-state index contributed by atoms with van der Waals surface area (Å²) in [7, 11) is -3.58. The van der Waals surface area contributed by atoms with E-state index < -0.39 is 15.6 Å². The molecule has 7 heteroatoms. The number of sulfonamides is 1. The molecule has 1 fully saturated rings. The highest BCUT2D eigenvalue weighted by Gasteiger charge is 2.35. The van der Waals surface area contributed by atoms with Crippen molar-refractivity contribution in [3.8, 4) is 0 Å². The monoisotopic (exact) mass is 299 g/mol. The quantitative estimate of drug-likeness (QED) is 0.868. The summed E-state index contributed by atoms with van der Waals surface area (Å²) in [5.41, 5.74) is -0.956. The Labute approximate surface area is 119 Å². The van der Waals surface area contributed by atoms with Crippen LogP contribution in [-0.4, -0.2) is 48.0 Å². The minimum Gasteiger partial charge on any atom is -0.389 e. The number of pyridine rings is 1. The molecule has 0 aliphatic carbocycles. The Balaban J connectivity index is 2.21. The van der Waals surface area contributed by atoms with Crippen molar-refractivity contribution in [3.05, 3.63) is 18.3 Å². The van der Waals surface area contributed by atoms with E-state index in [2.05, 4.69) is 10.3 Å². The van der Waals surface area contributed by atoms with E-state index in [0.29, 0.717) is 25.2 Å². The smallest absolute Gasteiger partial charge is 0.244 e. The van der Waals surface area contributed by atoms with Crippen LogP contribution < -0.4 is 5.32 Å². The molecule has 1 aromatic rings. The Kier molecular flexibility index (Phi) is 4.31. The molecule has 1 aliphatic rings. The fourth-order valence-electron chi connectivity index (χ4n) is 2.35. The first-order chi connectivity index (χ1) is 9.35. The van der Waals surface area contributed by atoms with Crippen LogP contribution in [0.2, 0.25) is 0 Å². The maximum atomic E-state index is 12.5. The molecule has 20 heavy (non-hydrogen) atoms. The normalized spacial score (nSPS) is 24.6. The van der Waals surface area contributed by atoms with Crippen LogP contribution in [0, 0.1) is 0 Å². The summed E-state index contributed by atoms with van der Waals surface area (Å²) < 4.78 is 26.3. The van der Waals surface area contributed by atoms with Crippen LogP contribution in [0.1, 0.15) is 26.7 Å². The van der Waals surface area contributed by atoms with Crippen molar-refractivity contribution in [2.45, 2.75) is 37.2 Å². The molecule has 1 atom stereocenters. The fourth-order valence-corrected chi connectivity index (χ4v) is 3.89. The van der Waals surface area contributed by atoms with Gasteiger partial charge in [0.1, 0.15) is 10.7 Å². The first kappa shape index (κ1) is 15.2. The van der Waals surface area contributed by atoms with Crippen LogP contribution in [0.5, 0.6) is 0 Å². The molecule has 1 saturated heterocycles. The Bertz CT molecular complexity index is 555. The number of aliphatic hydroxyl groups is 1. The van der Waals surface area contributed by atoms with Crippen molar-refractivity contribution >= 4 is 15.8 Å². The minimum atomic E-state index is -3.58. The van der Waals surface area contributed by atoms with Gasteiger partial charge in [-0.2, -0.15) is 4.31 Å². The van der Waals surface area contributed by atoms with Gasteiger partial charge in [0.2, 0.25) is 10.0 Å². The van der Waals surface area contributed by atoms with Gasteiger partial charge >= 0.3 is 0 Å². The largest absolute Gasteiger partial charge is 0.389 e. The zero-order valence-electron chi connectivity index (χ0n) is 11.8. The number of hydrogen-bond acceptors (Lipinski definition) is 5. The first-order valence-corrected chi connectivity index (χ1v) is 8.22. The number of hydrogen-bond donors (Lipinski definition) is 2. The minimum absolute atomic E-state index is 0.129. The molecule has 2 rings (SSSR count). The van der Waals surface area contributed by atoms with Crippen molar-refractivity contribution in [3.63, 3.8) is 0 Å². The third-order valence-electron chi connectivity index (χ3n) is 3.37. The van der Waals surface area contributed by atoms with E-state index in [1.807, 2.05) is 6.92 Å². The lowest BCUT2D eigenvalue weighted by Gasteiger charge is -2.35. The van der Waals surface area contributed by atoms with Crippen LogP contribution in [0.4, 0.5) is 5.82 Å². The van der Waals surface area contributed by atoms with E-state index in [9.17, 15) is 13.5 Å². The summed E-state index contributed by atoms with van der Waals surface area (Å²) in [5.74, 6) is 0.650. The number of piperidine rings is 1. The van der Waals surface area contributed by atoms with E-state index >= 15 is 0 Å². The molecule has 0 radical (unpaired) electrons. The van der Waals surface area contributed by atoms with E-state index in [1.54, 1.807) is 19.1 Å². The molecule has 0 amide bonds. The molecular weight excluding hydrogens is 278 g/mol. The highest BCUT2D eigenvalue weighted by Crippen LogP contribution is 2.26. The average molecular weight is 299 g/mol. The highest BCUT2D eigenvalue weighted by molar-refractivity contribution is 7.89. The van der Waals surface area contributed by atoms with Gasteiger partial charge in [-0.3, -0.25) is 0 Å². The summed E-state index contributed by atoms with van der Waals surface area (Å²) in [6.45, 7) is 4.91. The van der Waals surface area contributed by atoms with Gasteiger partial charge in [0.25, 0.3) is 0 Å². The Hall–Kier alpha value is -1.18. The highest BCUT2D eigenvalue weighted by atomic mass is 32.2. The second-order valence-electron chi connectivity index (χ2n) is 5.35. The van der Waals surface area contributed by atoms with Crippen LogP contribution >= 0.6 is 0 Å². The number of β-amino-alcohol motifs (C(OH)–C–C–N with tert-alkyl or cyclic N) is 1. The van der Waals surface area contributed by atoms with Gasteiger partial charge in [0.15, 0.2) is 0 Å². The van der Waals surface area contributed by atoms with Gasteiger partial charge in [0.05, 0.1) is 5.60 Å². The van der Waals surface area contributed by atoms with Gasteiger partial charge in [-0.05, 0) is 38.8 Å². The molecule has 1 aliphatic heterocycles. The second kappa shape index (κ2) is 5.67. The maximum Gasteiger partial charge on any atom is 0.244 e. The van der Waals surface area contributed by atoms with Crippen LogP contribution in [-0.2, 0) is 10.0 Å². The van der Waals surface area contributed by atoms with Gasteiger partial charge in [-0.1, -0.05) is 0 Å². The Morgan fingerprint density at radius 2 is 2.25 bits per heavy atom. The number of nitrogens with one attached hydrogen (secondary N) is 1. The number of aromatic nitrogens is 1. The number of nitrogens with zero attached hydrogens (tertiary/aromatic N) is 2. The van der Waals surface area contributed by atoms with E-state index in [0.717, 1.165) is 6.54 Å². The molecule has 0 aromatic carbocycles. The van der Waals surface area contributed by atoms with E-state index in [-0.39, 0.29) is 11.4 Å². The van der Waals surface area contributed by atoms with Crippen molar-refractivity contribution in [2.24, 2.45) is 0 Å². The third-order valence-corrected chi connectivity index (χ3v) is 5.20. The first-order valence-electron chi connectivity index (χ1n) is 6.78. The lowest BCUT2D eigenvalue weighted by molar-refractivity contribution is 0.00939. The topological polar surface area (TPSA) is 82.5 Å². The summed E-state index contributed by atoms with van der Waals surface area (Å²) >= 11 is 0. The molecule has 0 spiro atoms. The fraction of sp³-hybridized carbons (Fsp3) is 0.615. The van der Waals surface area contributed by atoms with E-state index in [1.165, 1.54) is 10.5 Å². The van der Waals surface area contributed by atoms with Crippen molar-refractivity contribution in [1.29, 1.82) is 0 Å². The third kappa shape index (κ3) is 3.28. The second-order valence-corrected chi connectivity index (χ2v) is 7.29. The summed E-state index contributed by atoms with van der Waals surface area (Å²) in [5, 5.41) is 13.1. The Morgan fingerprint density at radius 1 is 1.50 bits per heavy atom. The zero-order valence-corrected chi connectivity index (χ0v) is 12.7. The predicted octanol–water partition coefficient (Wildman–Crippen LogP) is 1.05. The molecule has 2 N–H and O–H groups in total. The van der Waals surface area contributed by atoms with Gasteiger partial charge in [-0.25, -0.2) is 13.4 Å². The van der Waals surface area contributed by atoms with Crippen molar-refractivity contribution in [1.82, 2.24) is 9.29 Å². The SMILES string of the molecule is CCNc1ccc(S(=O)(=O)N2CCCC(C)(O)C2)cn1. The molecule has 2 heterocycles. The van der Waals surface area contributed by atoms with Crippen LogP contribution in [0.25, 0.3) is 0 Å². The predicted molar refractivity (Wildman–Crippen MR) is 77.0 cm³/mol. The lowest BCUT2D eigenvalue weighted by atomic mass is 9.97. The standard InChI is InChI=1S/C13H21N3O3S/c1-3-14-12-6-5-11(9-15-12)20(18,19)16-8-4-7-13(2,17)10-16/h5-6,9,17H,3-4,7-8,10H2,1-2H3,(H,14,15). The lowest BCUT2D eigenvalue weighted by Crippen LogP contribution is -2.48. The number of rotatable bonds is 4. The van der Waals surface area contributed by atoms with E-state index in [4.69, 9.17) is 0 Å². The van der Waals surface area contributed by atoms with Gasteiger partial charge < -0.3 is 10.4 Å². The van der Waals surface area contributed by atoms with Gasteiger partial charge in [-0.15, -0.1) is 0 Å². The van der Waals surface area contributed by atoms with Crippen molar-refractivity contribution in [2.75, 3.05) is 25.0 Å². The summed E-state index contributed by atoms with van der Waals surface area (Å²) in [6.07, 6.45) is 2.64. The molecule has 0 bridgehead atoms. The van der Waals surface area contributed by atoms with Gasteiger partial charge in [0, 0.05) is 25.8 Å². The van der Waals surface area contributed by atoms with Crippen LogP contribution in [0.3, 0.4) is 0 Å². The molecule has 6 nitrogen and oxygen atoms in total. The molecule has 1 unspecified atom stereocenters. The Morgan fingerprint density at radius 3 is 2.80 bits per heavy atom. The molecular formula is C13H21N3O3S. The molecule has 112 valence electrons. The summed E-state index contributed by atoms with van der Waals surface area (Å²) in [6, 6.07) is 3.20.